The molecule has 9 nitrogen and oxygen atoms in total. The van der Waals surface area contributed by atoms with Gasteiger partial charge < -0.3 is 18.9 Å². The van der Waals surface area contributed by atoms with Crippen molar-refractivity contribution in [2.75, 3.05) is 46.0 Å². The molecule has 1 aliphatic carbocycles. The number of hydrogen-bond acceptors (Lipinski definition) is 7. The quantitative estimate of drug-likeness (QED) is 0.416. The molecule has 1 aromatic heterocycles. The molecule has 1 amide bonds. The average molecular weight is 563 g/mol. The lowest BCUT2D eigenvalue weighted by Gasteiger charge is -2.31. The Morgan fingerprint density at radius 3 is 2.56 bits per heavy atom. The van der Waals surface area contributed by atoms with Crippen molar-refractivity contribution in [3.05, 3.63) is 47.5 Å². The van der Waals surface area contributed by atoms with Crippen molar-refractivity contribution in [1.82, 2.24) is 19.4 Å². The second kappa shape index (κ2) is 12.9. The second-order valence-corrected chi connectivity index (χ2v) is 12.7. The second-order valence-electron chi connectivity index (χ2n) is 10.8. The zero-order valence-corrected chi connectivity index (χ0v) is 23.3. The highest BCUT2D eigenvalue weighted by molar-refractivity contribution is 7.90. The Labute approximate surface area is 230 Å². The molecule has 0 radical (unpaired) electrons. The molecule has 0 spiro atoms. The van der Waals surface area contributed by atoms with E-state index in [1.54, 1.807) is 16.8 Å². The van der Waals surface area contributed by atoms with Crippen LogP contribution in [0.25, 0.3) is 0 Å². The molecule has 214 valence electrons. The summed E-state index contributed by atoms with van der Waals surface area (Å²) in [6.45, 7) is 5.57. The zero-order chi connectivity index (χ0) is 27.2. The minimum absolute atomic E-state index is 0.00786. The van der Waals surface area contributed by atoms with Gasteiger partial charge in [-0.3, -0.25) is 9.69 Å². The van der Waals surface area contributed by atoms with Crippen molar-refractivity contribution in [3.63, 3.8) is 0 Å². The number of carbonyl (C=O) groups is 1. The number of nitrogens with zero attached hydrogens (tertiary/aromatic N) is 4. The number of imidazole rings is 1. The van der Waals surface area contributed by atoms with Crippen LogP contribution < -0.4 is 0 Å². The van der Waals surface area contributed by atoms with Crippen LogP contribution in [0.2, 0.25) is 0 Å². The summed E-state index contributed by atoms with van der Waals surface area (Å²) in [6.07, 6.45) is 7.07. The molecular formula is C28H39FN4O5S. The van der Waals surface area contributed by atoms with Crippen molar-refractivity contribution in [2.24, 2.45) is 5.92 Å². The molecule has 0 bridgehead atoms. The van der Waals surface area contributed by atoms with Gasteiger partial charge in [-0.1, -0.05) is 31.0 Å². The highest BCUT2D eigenvalue weighted by atomic mass is 32.2. The standard InChI is InChI=1S/C28H39FN4O5S/c29-26-10-4-3-8-23(26)21-39(35,36)28-30-18-24(33(28)20-25-9-5-15-38-25)19-32(27(34)22-6-1-2-7-22)12-11-31-13-16-37-17-14-31/h3-4,8,10,18,22,25H,1-2,5-7,9,11-17,19-21H2. The Hall–Kier alpha value is -2.34. The largest absolute Gasteiger partial charge is 0.379 e. The molecule has 3 fully saturated rings. The van der Waals surface area contributed by atoms with Crippen molar-refractivity contribution in [2.45, 2.75) is 68.6 Å². The number of amides is 1. The maximum atomic E-state index is 14.3. The van der Waals surface area contributed by atoms with E-state index in [1.165, 1.54) is 18.2 Å². The number of rotatable bonds is 11. The van der Waals surface area contributed by atoms with Crippen LogP contribution in [0.3, 0.4) is 0 Å². The number of aromatic nitrogens is 2. The molecule has 1 saturated carbocycles. The highest BCUT2D eigenvalue weighted by Crippen LogP contribution is 2.28. The zero-order valence-electron chi connectivity index (χ0n) is 22.5. The molecule has 3 aliphatic rings. The number of hydrogen-bond donors (Lipinski definition) is 0. The van der Waals surface area contributed by atoms with Gasteiger partial charge in [-0.15, -0.1) is 0 Å². The first-order valence-corrected chi connectivity index (χ1v) is 15.8. The van der Waals surface area contributed by atoms with E-state index in [1.807, 2.05) is 4.90 Å². The Morgan fingerprint density at radius 2 is 1.85 bits per heavy atom. The SMILES string of the molecule is O=C(C1CCCC1)N(CCN1CCOCC1)Cc1cnc(S(=O)(=O)Cc2ccccc2F)n1CC1CCCO1. The molecule has 1 atom stereocenters. The summed E-state index contributed by atoms with van der Waals surface area (Å²) in [7, 11) is -3.96. The van der Waals surface area contributed by atoms with E-state index < -0.39 is 21.4 Å². The van der Waals surface area contributed by atoms with Crippen LogP contribution in [0.4, 0.5) is 4.39 Å². The van der Waals surface area contributed by atoms with E-state index in [9.17, 15) is 17.6 Å². The van der Waals surface area contributed by atoms with Crippen molar-refractivity contribution >= 4 is 15.7 Å². The fraction of sp³-hybridized carbons (Fsp3) is 0.643. The lowest BCUT2D eigenvalue weighted by molar-refractivity contribution is -0.136. The molecule has 3 heterocycles. The highest BCUT2D eigenvalue weighted by Gasteiger charge is 2.31. The fourth-order valence-electron chi connectivity index (χ4n) is 5.82. The molecule has 1 aromatic carbocycles. The van der Waals surface area contributed by atoms with E-state index in [0.717, 1.165) is 58.2 Å². The predicted octanol–water partition coefficient (Wildman–Crippen LogP) is 3.03. The van der Waals surface area contributed by atoms with Crippen LogP contribution in [0.5, 0.6) is 0 Å². The van der Waals surface area contributed by atoms with Crippen molar-refractivity contribution in [3.8, 4) is 0 Å². The minimum atomic E-state index is -3.96. The van der Waals surface area contributed by atoms with E-state index >= 15 is 0 Å². The van der Waals surface area contributed by atoms with Gasteiger partial charge >= 0.3 is 0 Å². The van der Waals surface area contributed by atoms with Crippen molar-refractivity contribution < 1.29 is 27.1 Å². The summed E-state index contributed by atoms with van der Waals surface area (Å²) >= 11 is 0. The predicted molar refractivity (Wildman–Crippen MR) is 143 cm³/mol. The maximum Gasteiger partial charge on any atom is 0.228 e. The minimum Gasteiger partial charge on any atom is -0.379 e. The maximum absolute atomic E-state index is 14.3. The van der Waals surface area contributed by atoms with Crippen LogP contribution in [0.15, 0.2) is 35.6 Å². The first kappa shape index (κ1) is 28.2. The van der Waals surface area contributed by atoms with Gasteiger partial charge in [0.25, 0.3) is 0 Å². The van der Waals surface area contributed by atoms with Gasteiger partial charge in [-0.25, -0.2) is 17.8 Å². The third-order valence-corrected chi connectivity index (χ3v) is 9.63. The van der Waals surface area contributed by atoms with Crippen molar-refractivity contribution in [1.29, 1.82) is 0 Å². The smallest absolute Gasteiger partial charge is 0.228 e. The molecule has 39 heavy (non-hydrogen) atoms. The van der Waals surface area contributed by atoms with Gasteiger partial charge in [-0.2, -0.15) is 0 Å². The van der Waals surface area contributed by atoms with Crippen LogP contribution in [0.1, 0.15) is 49.8 Å². The summed E-state index contributed by atoms with van der Waals surface area (Å²) in [5, 5.41) is -0.0994. The van der Waals surface area contributed by atoms with Crippen LogP contribution in [-0.4, -0.2) is 85.8 Å². The molecule has 1 unspecified atom stereocenters. The molecule has 0 N–H and O–H groups in total. The van der Waals surface area contributed by atoms with E-state index in [0.29, 0.717) is 38.6 Å². The fourth-order valence-corrected chi connectivity index (χ4v) is 7.33. The topological polar surface area (TPSA) is 94.0 Å². The number of ether oxygens (including phenoxy) is 2. The molecule has 2 saturated heterocycles. The van der Waals surface area contributed by atoms with Gasteiger partial charge in [0.1, 0.15) is 5.82 Å². The van der Waals surface area contributed by atoms with Crippen LogP contribution in [-0.2, 0) is 42.9 Å². The summed E-state index contributed by atoms with van der Waals surface area (Å²) in [4.78, 5) is 22.2. The molecular weight excluding hydrogens is 523 g/mol. The molecule has 5 rings (SSSR count). The lowest BCUT2D eigenvalue weighted by atomic mass is 10.1. The van der Waals surface area contributed by atoms with Gasteiger partial charge in [0, 0.05) is 44.3 Å². The third-order valence-electron chi connectivity index (χ3n) is 8.05. The van der Waals surface area contributed by atoms with E-state index in [-0.39, 0.29) is 35.2 Å². The monoisotopic (exact) mass is 562 g/mol. The first-order valence-electron chi connectivity index (χ1n) is 14.1. The van der Waals surface area contributed by atoms with Crippen LogP contribution in [0, 0.1) is 11.7 Å². The first-order chi connectivity index (χ1) is 18.9. The Balaban J connectivity index is 1.41. The summed E-state index contributed by atoms with van der Waals surface area (Å²) < 4.78 is 54.4. The number of carbonyl (C=O) groups excluding carboxylic acids is 1. The molecule has 2 aromatic rings. The summed E-state index contributed by atoms with van der Waals surface area (Å²) in [5.41, 5.74) is 0.764. The van der Waals surface area contributed by atoms with Gasteiger partial charge in [0.15, 0.2) is 0 Å². The number of benzene rings is 1. The van der Waals surface area contributed by atoms with E-state index in [2.05, 4.69) is 9.88 Å². The molecule has 11 heteroatoms. The lowest BCUT2D eigenvalue weighted by Crippen LogP contribution is -2.44. The normalized spacial score (nSPS) is 21.0. The number of morpholine rings is 1. The van der Waals surface area contributed by atoms with Crippen LogP contribution >= 0.6 is 0 Å². The summed E-state index contributed by atoms with van der Waals surface area (Å²) in [6, 6.07) is 5.90. The average Bonchev–Trinajstić information content (AvgIpc) is 3.72. The third kappa shape index (κ3) is 7.06. The molecule has 2 aliphatic heterocycles. The number of sulfone groups is 1. The van der Waals surface area contributed by atoms with Gasteiger partial charge in [0.05, 0.1) is 50.1 Å². The van der Waals surface area contributed by atoms with E-state index in [4.69, 9.17) is 9.47 Å². The Bertz CT molecular complexity index is 1220. The van der Waals surface area contributed by atoms with Gasteiger partial charge in [0.2, 0.25) is 20.9 Å². The number of halogens is 1. The van der Waals surface area contributed by atoms with Gasteiger partial charge in [-0.05, 0) is 31.7 Å². The Morgan fingerprint density at radius 1 is 1.08 bits per heavy atom. The summed E-state index contributed by atoms with van der Waals surface area (Å²) in [5.74, 6) is -0.909. The Kier molecular flexibility index (Phi) is 9.32.